The lowest BCUT2D eigenvalue weighted by atomic mass is 10.1. The molecule has 1 unspecified atom stereocenters. The van der Waals surface area contributed by atoms with Crippen molar-refractivity contribution >= 4 is 17.6 Å². The van der Waals surface area contributed by atoms with Gasteiger partial charge in [0.2, 0.25) is 5.91 Å². The van der Waals surface area contributed by atoms with Gasteiger partial charge in [0.15, 0.2) is 0 Å². The summed E-state index contributed by atoms with van der Waals surface area (Å²) in [5.74, 6) is 0.647. The van der Waals surface area contributed by atoms with Gasteiger partial charge >= 0.3 is 6.03 Å². The standard InChI is InChI=1S/C16H23N3O3/c1-10(14(20)19-16(2,3)4)17-15(21)18-12-5-6-13-11(9-12)7-8-22-13/h5-6,9-10H,7-8H2,1-4H3,(H,19,20)(H2,17,18,21). The van der Waals surface area contributed by atoms with Gasteiger partial charge in [-0.2, -0.15) is 0 Å². The molecule has 0 saturated carbocycles. The van der Waals surface area contributed by atoms with Gasteiger partial charge < -0.3 is 20.7 Å². The first-order valence-corrected chi connectivity index (χ1v) is 7.40. The predicted octanol–water partition coefficient (Wildman–Crippen LogP) is 2.05. The molecular weight excluding hydrogens is 282 g/mol. The highest BCUT2D eigenvalue weighted by Crippen LogP contribution is 2.27. The summed E-state index contributed by atoms with van der Waals surface area (Å²) < 4.78 is 5.42. The molecule has 1 heterocycles. The topological polar surface area (TPSA) is 79.5 Å². The minimum Gasteiger partial charge on any atom is -0.493 e. The molecule has 6 heteroatoms. The summed E-state index contributed by atoms with van der Waals surface area (Å²) >= 11 is 0. The van der Waals surface area contributed by atoms with E-state index >= 15 is 0 Å². The van der Waals surface area contributed by atoms with E-state index in [1.165, 1.54) is 0 Å². The molecule has 1 aromatic carbocycles. The fourth-order valence-corrected chi connectivity index (χ4v) is 2.17. The largest absolute Gasteiger partial charge is 0.493 e. The van der Waals surface area contributed by atoms with Gasteiger partial charge in [-0.3, -0.25) is 4.79 Å². The van der Waals surface area contributed by atoms with Crippen LogP contribution in [0.1, 0.15) is 33.3 Å². The van der Waals surface area contributed by atoms with Crippen molar-refractivity contribution in [1.82, 2.24) is 10.6 Å². The number of anilines is 1. The first kappa shape index (κ1) is 16.1. The first-order valence-electron chi connectivity index (χ1n) is 7.40. The molecule has 0 fully saturated rings. The van der Waals surface area contributed by atoms with Crippen LogP contribution in [0.5, 0.6) is 5.75 Å². The summed E-state index contributed by atoms with van der Waals surface area (Å²) in [6, 6.07) is 4.49. The van der Waals surface area contributed by atoms with Crippen molar-refractivity contribution in [2.45, 2.75) is 45.7 Å². The first-order chi connectivity index (χ1) is 10.2. The lowest BCUT2D eigenvalue weighted by Gasteiger charge is -2.23. The second-order valence-electron chi connectivity index (χ2n) is 6.48. The second kappa shape index (κ2) is 6.25. The molecule has 2 rings (SSSR count). The maximum atomic E-state index is 12.0. The van der Waals surface area contributed by atoms with Gasteiger partial charge in [0.25, 0.3) is 0 Å². The van der Waals surface area contributed by atoms with E-state index in [9.17, 15) is 9.59 Å². The van der Waals surface area contributed by atoms with Crippen LogP contribution in [0, 0.1) is 0 Å². The number of amides is 3. The van der Waals surface area contributed by atoms with Crippen molar-refractivity contribution in [2.75, 3.05) is 11.9 Å². The van der Waals surface area contributed by atoms with Crippen LogP contribution in [-0.4, -0.2) is 30.1 Å². The number of carbonyl (C=O) groups is 2. The van der Waals surface area contributed by atoms with Crippen molar-refractivity contribution in [3.63, 3.8) is 0 Å². The van der Waals surface area contributed by atoms with Crippen molar-refractivity contribution in [2.24, 2.45) is 0 Å². The smallest absolute Gasteiger partial charge is 0.319 e. The van der Waals surface area contributed by atoms with E-state index in [2.05, 4.69) is 16.0 Å². The highest BCUT2D eigenvalue weighted by molar-refractivity contribution is 5.93. The molecular formula is C16H23N3O3. The Labute approximate surface area is 130 Å². The number of nitrogens with one attached hydrogen (secondary N) is 3. The minimum atomic E-state index is -0.614. The number of hydrogen-bond acceptors (Lipinski definition) is 3. The molecule has 1 aliphatic rings. The molecule has 3 N–H and O–H groups in total. The Bertz CT molecular complexity index is 578. The minimum absolute atomic E-state index is 0.218. The average molecular weight is 305 g/mol. The van der Waals surface area contributed by atoms with Crippen molar-refractivity contribution < 1.29 is 14.3 Å². The Hall–Kier alpha value is -2.24. The monoisotopic (exact) mass is 305 g/mol. The van der Waals surface area contributed by atoms with E-state index in [1.807, 2.05) is 32.9 Å². The number of fused-ring (bicyclic) bond motifs is 1. The summed E-state index contributed by atoms with van der Waals surface area (Å²) in [6.45, 7) is 8.01. The third kappa shape index (κ3) is 4.38. The van der Waals surface area contributed by atoms with Gasteiger partial charge in [0.1, 0.15) is 11.8 Å². The number of ether oxygens (including phenoxy) is 1. The van der Waals surface area contributed by atoms with Gasteiger partial charge in [-0.15, -0.1) is 0 Å². The number of carbonyl (C=O) groups excluding carboxylic acids is 2. The molecule has 0 aliphatic carbocycles. The summed E-state index contributed by atoms with van der Waals surface area (Å²) in [6.07, 6.45) is 0.844. The van der Waals surface area contributed by atoms with E-state index in [0.717, 1.165) is 17.7 Å². The molecule has 1 aliphatic heterocycles. The lowest BCUT2D eigenvalue weighted by Crippen LogP contribution is -2.51. The molecule has 3 amide bonds. The van der Waals surface area contributed by atoms with Crippen molar-refractivity contribution in [1.29, 1.82) is 0 Å². The molecule has 0 radical (unpaired) electrons. The molecule has 22 heavy (non-hydrogen) atoms. The van der Waals surface area contributed by atoms with Crippen LogP contribution < -0.4 is 20.7 Å². The van der Waals surface area contributed by atoms with Crippen LogP contribution in [0.2, 0.25) is 0 Å². The number of hydrogen-bond donors (Lipinski definition) is 3. The molecule has 6 nitrogen and oxygen atoms in total. The van der Waals surface area contributed by atoms with Crippen LogP contribution in [0.3, 0.4) is 0 Å². The van der Waals surface area contributed by atoms with Gasteiger partial charge in [-0.05, 0) is 51.5 Å². The summed E-state index contributed by atoms with van der Waals surface area (Å²) in [7, 11) is 0. The Morgan fingerprint density at radius 1 is 1.27 bits per heavy atom. The van der Waals surface area contributed by atoms with Crippen LogP contribution >= 0.6 is 0 Å². The van der Waals surface area contributed by atoms with Crippen LogP contribution in [0.25, 0.3) is 0 Å². The fraction of sp³-hybridized carbons (Fsp3) is 0.500. The fourth-order valence-electron chi connectivity index (χ4n) is 2.17. The quantitative estimate of drug-likeness (QED) is 0.799. The third-order valence-electron chi connectivity index (χ3n) is 3.19. The van der Waals surface area contributed by atoms with E-state index < -0.39 is 12.1 Å². The van der Waals surface area contributed by atoms with E-state index in [1.54, 1.807) is 13.0 Å². The van der Waals surface area contributed by atoms with Gasteiger partial charge in [-0.25, -0.2) is 4.79 Å². The zero-order chi connectivity index (χ0) is 16.3. The number of rotatable bonds is 3. The Morgan fingerprint density at radius 2 is 2.00 bits per heavy atom. The number of benzene rings is 1. The Kier molecular flexibility index (Phi) is 4.59. The summed E-state index contributed by atoms with van der Waals surface area (Å²) in [4.78, 5) is 23.9. The highest BCUT2D eigenvalue weighted by atomic mass is 16.5. The second-order valence-corrected chi connectivity index (χ2v) is 6.48. The van der Waals surface area contributed by atoms with Crippen LogP contribution in [0.15, 0.2) is 18.2 Å². The van der Waals surface area contributed by atoms with E-state index in [4.69, 9.17) is 4.74 Å². The zero-order valence-electron chi connectivity index (χ0n) is 13.4. The van der Waals surface area contributed by atoms with Crippen molar-refractivity contribution in [3.05, 3.63) is 23.8 Å². The normalized spacial score (nSPS) is 14.5. The summed E-state index contributed by atoms with van der Waals surface area (Å²) in [5.41, 5.74) is 1.44. The van der Waals surface area contributed by atoms with Gasteiger partial charge in [0.05, 0.1) is 6.61 Å². The molecule has 120 valence electrons. The van der Waals surface area contributed by atoms with Crippen LogP contribution in [-0.2, 0) is 11.2 Å². The Balaban J connectivity index is 1.88. The van der Waals surface area contributed by atoms with Crippen molar-refractivity contribution in [3.8, 4) is 5.75 Å². The highest BCUT2D eigenvalue weighted by Gasteiger charge is 2.21. The number of urea groups is 1. The third-order valence-corrected chi connectivity index (χ3v) is 3.19. The van der Waals surface area contributed by atoms with Gasteiger partial charge in [-0.1, -0.05) is 0 Å². The SMILES string of the molecule is CC(NC(=O)Nc1ccc2c(c1)CCO2)C(=O)NC(C)(C)C. The molecule has 1 aromatic rings. The molecule has 1 atom stereocenters. The van der Waals surface area contributed by atoms with Gasteiger partial charge in [0, 0.05) is 17.6 Å². The molecule has 0 spiro atoms. The maximum absolute atomic E-state index is 12.0. The Morgan fingerprint density at radius 3 is 2.68 bits per heavy atom. The lowest BCUT2D eigenvalue weighted by molar-refractivity contribution is -0.123. The van der Waals surface area contributed by atoms with Crippen LogP contribution in [0.4, 0.5) is 10.5 Å². The molecule has 0 aromatic heterocycles. The molecule has 0 saturated heterocycles. The molecule has 0 bridgehead atoms. The predicted molar refractivity (Wildman–Crippen MR) is 85.2 cm³/mol. The zero-order valence-corrected chi connectivity index (χ0v) is 13.4. The maximum Gasteiger partial charge on any atom is 0.319 e. The average Bonchev–Trinajstić information content (AvgIpc) is 2.83. The van der Waals surface area contributed by atoms with E-state index in [-0.39, 0.29) is 11.4 Å². The summed E-state index contributed by atoms with van der Waals surface area (Å²) in [5, 5.41) is 8.18. The van der Waals surface area contributed by atoms with E-state index in [0.29, 0.717) is 12.3 Å².